The summed E-state index contributed by atoms with van der Waals surface area (Å²) in [6.45, 7) is 1.49. The van der Waals surface area contributed by atoms with Gasteiger partial charge in [-0.25, -0.2) is 26.3 Å². The topological polar surface area (TPSA) is 46.3 Å². The molecule has 176 valence electrons. The van der Waals surface area contributed by atoms with Gasteiger partial charge in [-0.15, -0.1) is 10.2 Å². The Morgan fingerprint density at radius 2 is 1.85 bits per heavy atom. The van der Waals surface area contributed by atoms with Gasteiger partial charge in [0.05, 0.1) is 22.9 Å². The van der Waals surface area contributed by atoms with E-state index in [4.69, 9.17) is 0 Å². The molecule has 0 radical (unpaired) electrons. The van der Waals surface area contributed by atoms with Gasteiger partial charge in [-0.05, 0) is 44.2 Å². The quantitative estimate of drug-likeness (QED) is 0.277. The maximum absolute atomic E-state index is 14.9. The SMILES string of the molecule is CC(C)(C#Cc1cc(F)cc(N(CC(F)F)c2nc3nncn3c3cccc(F)c23)c1)C(F)F. The van der Waals surface area contributed by atoms with E-state index in [9.17, 15) is 26.3 Å². The van der Waals surface area contributed by atoms with Crippen LogP contribution in [0.1, 0.15) is 19.4 Å². The molecule has 2 heterocycles. The van der Waals surface area contributed by atoms with E-state index < -0.39 is 36.4 Å². The lowest BCUT2D eigenvalue weighted by atomic mass is 9.95. The standard InChI is InChI=1S/C23H17F6N5/c1-23(2,21(28)29)7-6-13-8-14(24)10-15(9-13)33(11-18(26)27)20-19-16(25)4-3-5-17(19)34-12-30-32-22(34)31-20/h3-5,8-10,12,18,21H,11H2,1-2H3. The number of nitrogens with zero attached hydrogens (tertiary/aromatic N) is 5. The molecule has 0 N–H and O–H groups in total. The van der Waals surface area contributed by atoms with E-state index in [0.29, 0.717) is 0 Å². The van der Waals surface area contributed by atoms with E-state index in [1.165, 1.54) is 42.8 Å². The predicted molar refractivity (Wildman–Crippen MR) is 114 cm³/mol. The van der Waals surface area contributed by atoms with Crippen molar-refractivity contribution < 1.29 is 26.3 Å². The van der Waals surface area contributed by atoms with Crippen molar-refractivity contribution in [2.24, 2.45) is 5.41 Å². The lowest BCUT2D eigenvalue weighted by molar-refractivity contribution is 0.0570. The van der Waals surface area contributed by atoms with Crippen LogP contribution in [0.15, 0.2) is 42.7 Å². The third-order valence-electron chi connectivity index (χ3n) is 5.06. The van der Waals surface area contributed by atoms with Gasteiger partial charge in [-0.2, -0.15) is 4.98 Å². The van der Waals surface area contributed by atoms with Crippen LogP contribution in [0.4, 0.5) is 37.8 Å². The summed E-state index contributed by atoms with van der Waals surface area (Å²) in [6.07, 6.45) is -4.36. The Kier molecular flexibility index (Phi) is 6.08. The van der Waals surface area contributed by atoms with Crippen molar-refractivity contribution in [2.75, 3.05) is 11.4 Å². The van der Waals surface area contributed by atoms with E-state index in [0.717, 1.165) is 23.1 Å². The summed E-state index contributed by atoms with van der Waals surface area (Å²) in [5, 5.41) is 7.44. The van der Waals surface area contributed by atoms with Crippen LogP contribution in [-0.4, -0.2) is 39.0 Å². The summed E-state index contributed by atoms with van der Waals surface area (Å²) >= 11 is 0. The van der Waals surface area contributed by atoms with Crippen LogP contribution in [0.3, 0.4) is 0 Å². The molecular formula is C23H17F6N5. The molecule has 0 aliphatic heterocycles. The molecule has 34 heavy (non-hydrogen) atoms. The normalized spacial score (nSPS) is 11.9. The Bertz CT molecular complexity index is 1420. The minimum Gasteiger partial charge on any atom is -0.320 e. The summed E-state index contributed by atoms with van der Waals surface area (Å²) in [6, 6.07) is 7.30. The Balaban J connectivity index is 1.93. The van der Waals surface area contributed by atoms with Crippen molar-refractivity contribution in [3.8, 4) is 11.8 Å². The largest absolute Gasteiger partial charge is 0.320 e. The molecule has 2 aromatic heterocycles. The van der Waals surface area contributed by atoms with Gasteiger partial charge in [0, 0.05) is 11.3 Å². The first-order valence-electron chi connectivity index (χ1n) is 10.0. The Labute approximate surface area is 190 Å². The smallest absolute Gasteiger partial charge is 0.257 e. The fraction of sp³-hybridized carbons (Fsp3) is 0.261. The average Bonchev–Trinajstić information content (AvgIpc) is 3.24. The van der Waals surface area contributed by atoms with Crippen LogP contribution < -0.4 is 4.90 Å². The molecule has 0 fully saturated rings. The van der Waals surface area contributed by atoms with Gasteiger partial charge in [0.25, 0.3) is 18.6 Å². The van der Waals surface area contributed by atoms with Crippen LogP contribution in [0.5, 0.6) is 0 Å². The summed E-state index contributed by atoms with van der Waals surface area (Å²) in [5.41, 5.74) is -1.54. The number of halogens is 6. The van der Waals surface area contributed by atoms with Crippen molar-refractivity contribution in [2.45, 2.75) is 26.7 Å². The highest BCUT2D eigenvalue weighted by molar-refractivity contribution is 5.94. The minimum absolute atomic E-state index is 0.0162. The summed E-state index contributed by atoms with van der Waals surface area (Å²) in [7, 11) is 0. The van der Waals surface area contributed by atoms with E-state index in [1.54, 1.807) is 0 Å². The second-order valence-corrected chi connectivity index (χ2v) is 8.04. The molecular weight excluding hydrogens is 460 g/mol. The fourth-order valence-electron chi connectivity index (χ4n) is 3.30. The zero-order valence-corrected chi connectivity index (χ0v) is 17.9. The lowest BCUT2D eigenvalue weighted by Crippen LogP contribution is -2.26. The first-order chi connectivity index (χ1) is 16.1. The fourth-order valence-corrected chi connectivity index (χ4v) is 3.30. The van der Waals surface area contributed by atoms with Crippen LogP contribution in [0.2, 0.25) is 0 Å². The lowest BCUT2D eigenvalue weighted by Gasteiger charge is -2.25. The molecule has 0 saturated heterocycles. The van der Waals surface area contributed by atoms with Gasteiger partial charge in [0.15, 0.2) is 0 Å². The van der Waals surface area contributed by atoms with Crippen molar-refractivity contribution in [3.63, 3.8) is 0 Å². The van der Waals surface area contributed by atoms with Gasteiger partial charge in [-0.1, -0.05) is 17.9 Å². The molecule has 0 aliphatic rings. The maximum atomic E-state index is 14.9. The van der Waals surface area contributed by atoms with Crippen molar-refractivity contribution in [1.29, 1.82) is 0 Å². The van der Waals surface area contributed by atoms with Crippen LogP contribution in [0.25, 0.3) is 16.7 Å². The van der Waals surface area contributed by atoms with Crippen LogP contribution >= 0.6 is 0 Å². The van der Waals surface area contributed by atoms with Gasteiger partial charge in [-0.3, -0.25) is 4.40 Å². The van der Waals surface area contributed by atoms with Crippen molar-refractivity contribution in [1.82, 2.24) is 19.6 Å². The molecule has 4 aromatic rings. The Morgan fingerprint density at radius 3 is 2.56 bits per heavy atom. The maximum Gasteiger partial charge on any atom is 0.257 e. The van der Waals surface area contributed by atoms with Gasteiger partial charge in [0.2, 0.25) is 0 Å². The molecule has 0 amide bonds. The van der Waals surface area contributed by atoms with Crippen molar-refractivity contribution >= 4 is 28.2 Å². The van der Waals surface area contributed by atoms with Crippen molar-refractivity contribution in [3.05, 3.63) is 59.9 Å². The molecule has 0 saturated carbocycles. The predicted octanol–water partition coefficient (Wildman–Crippen LogP) is 5.60. The highest BCUT2D eigenvalue weighted by Gasteiger charge is 2.27. The number of aromatic nitrogens is 4. The first kappa shape index (κ1) is 23.4. The van der Waals surface area contributed by atoms with Gasteiger partial charge < -0.3 is 4.90 Å². The molecule has 4 rings (SSSR count). The summed E-state index contributed by atoms with van der Waals surface area (Å²) < 4.78 is 84.2. The zero-order valence-electron chi connectivity index (χ0n) is 17.9. The highest BCUT2D eigenvalue weighted by Crippen LogP contribution is 2.34. The summed E-state index contributed by atoms with van der Waals surface area (Å²) in [4.78, 5) is 5.15. The monoisotopic (exact) mass is 477 g/mol. The molecule has 0 bridgehead atoms. The molecule has 5 nitrogen and oxygen atoms in total. The number of hydrogen-bond acceptors (Lipinski definition) is 4. The summed E-state index contributed by atoms with van der Waals surface area (Å²) in [5.74, 6) is 3.05. The van der Waals surface area contributed by atoms with Crippen LogP contribution in [0, 0.1) is 28.9 Å². The number of hydrogen-bond donors (Lipinski definition) is 0. The first-order valence-corrected chi connectivity index (χ1v) is 10.0. The number of benzene rings is 2. The Morgan fingerprint density at radius 1 is 1.09 bits per heavy atom. The third kappa shape index (κ3) is 4.48. The Hall–Kier alpha value is -3.81. The van der Waals surface area contributed by atoms with Gasteiger partial charge >= 0.3 is 0 Å². The second kappa shape index (κ2) is 8.85. The number of rotatable bonds is 5. The third-order valence-corrected chi connectivity index (χ3v) is 5.06. The highest BCUT2D eigenvalue weighted by atomic mass is 19.3. The average molecular weight is 477 g/mol. The number of alkyl halides is 4. The molecule has 0 spiro atoms. The van der Waals surface area contributed by atoms with E-state index in [1.807, 2.05) is 0 Å². The molecule has 0 aliphatic carbocycles. The zero-order chi connectivity index (χ0) is 24.6. The molecule has 11 heteroatoms. The van der Waals surface area contributed by atoms with E-state index >= 15 is 0 Å². The van der Waals surface area contributed by atoms with E-state index in [-0.39, 0.29) is 33.7 Å². The van der Waals surface area contributed by atoms with Gasteiger partial charge in [0.1, 0.15) is 23.8 Å². The molecule has 2 aromatic carbocycles. The minimum atomic E-state index is -2.91. The molecule has 0 atom stereocenters. The number of anilines is 2. The molecule has 0 unspecified atom stereocenters. The number of fused-ring (bicyclic) bond motifs is 3. The van der Waals surface area contributed by atoms with Crippen LogP contribution in [-0.2, 0) is 0 Å². The van der Waals surface area contributed by atoms with E-state index in [2.05, 4.69) is 27.0 Å². The second-order valence-electron chi connectivity index (χ2n) is 8.04.